The van der Waals surface area contributed by atoms with Crippen molar-refractivity contribution in [2.75, 3.05) is 39.5 Å². The first-order valence-corrected chi connectivity index (χ1v) is 5.51. The van der Waals surface area contributed by atoms with Crippen molar-refractivity contribution in [2.45, 2.75) is 19.8 Å². The van der Waals surface area contributed by atoms with Crippen molar-refractivity contribution < 1.29 is 24.1 Å². The van der Waals surface area contributed by atoms with Gasteiger partial charge in [0.1, 0.15) is 0 Å². The summed E-state index contributed by atoms with van der Waals surface area (Å²) in [6.45, 7) is 4.75. The summed E-state index contributed by atoms with van der Waals surface area (Å²) in [5.74, 6) is -0.309. The second-order valence-electron chi connectivity index (χ2n) is 3.40. The van der Waals surface area contributed by atoms with Crippen molar-refractivity contribution in [1.29, 1.82) is 0 Å². The highest BCUT2D eigenvalue weighted by atomic mass is 16.6. The lowest BCUT2D eigenvalue weighted by molar-refractivity contribution is -0.210. The Kier molecular flexibility index (Phi) is 6.32. The number of rotatable bonds is 6. The highest BCUT2D eigenvalue weighted by molar-refractivity contribution is 5.69. The number of hydrogen-bond donors (Lipinski definition) is 1. The third-order valence-corrected chi connectivity index (χ3v) is 2.24. The average Bonchev–Trinajstić information content (AvgIpc) is 2.30. The SMILES string of the molecule is CCOC(=O)CCOC(O)N1CCOCC1. The molecule has 0 bridgehead atoms. The van der Waals surface area contributed by atoms with Gasteiger partial charge in [0.25, 0.3) is 0 Å². The van der Waals surface area contributed by atoms with Gasteiger partial charge in [0.15, 0.2) is 0 Å². The topological polar surface area (TPSA) is 68.2 Å². The summed E-state index contributed by atoms with van der Waals surface area (Å²) in [7, 11) is 0. The zero-order valence-corrected chi connectivity index (χ0v) is 9.55. The van der Waals surface area contributed by atoms with E-state index in [1.165, 1.54) is 0 Å². The zero-order valence-electron chi connectivity index (χ0n) is 9.55. The van der Waals surface area contributed by atoms with Crippen LogP contribution in [-0.2, 0) is 19.0 Å². The minimum absolute atomic E-state index is 0.162. The molecular weight excluding hydrogens is 214 g/mol. The first kappa shape index (κ1) is 13.4. The third kappa shape index (κ3) is 4.89. The van der Waals surface area contributed by atoms with E-state index in [1.807, 2.05) is 0 Å². The molecule has 1 aliphatic heterocycles. The Morgan fingerprint density at radius 3 is 2.81 bits per heavy atom. The van der Waals surface area contributed by atoms with Gasteiger partial charge in [-0.3, -0.25) is 9.69 Å². The Hall–Kier alpha value is -0.690. The quantitative estimate of drug-likeness (QED) is 0.496. The maximum absolute atomic E-state index is 11.0. The van der Waals surface area contributed by atoms with Crippen LogP contribution in [0.25, 0.3) is 0 Å². The largest absolute Gasteiger partial charge is 0.466 e. The van der Waals surface area contributed by atoms with Crippen molar-refractivity contribution in [3.63, 3.8) is 0 Å². The van der Waals surface area contributed by atoms with E-state index in [2.05, 4.69) is 0 Å². The van der Waals surface area contributed by atoms with Gasteiger partial charge in [-0.2, -0.15) is 0 Å². The summed E-state index contributed by atoms with van der Waals surface area (Å²) in [5, 5.41) is 9.61. The fourth-order valence-electron chi connectivity index (χ4n) is 1.38. The molecule has 0 aromatic rings. The van der Waals surface area contributed by atoms with Gasteiger partial charge in [0.05, 0.1) is 32.8 Å². The van der Waals surface area contributed by atoms with Crippen LogP contribution in [0, 0.1) is 0 Å². The molecule has 1 N–H and O–H groups in total. The van der Waals surface area contributed by atoms with Crippen molar-refractivity contribution in [2.24, 2.45) is 0 Å². The molecule has 0 aromatic carbocycles. The number of nitrogens with zero attached hydrogens (tertiary/aromatic N) is 1. The van der Waals surface area contributed by atoms with Crippen molar-refractivity contribution in [1.82, 2.24) is 4.90 Å². The molecule has 6 nitrogen and oxygen atoms in total. The smallest absolute Gasteiger partial charge is 0.308 e. The molecule has 0 radical (unpaired) electrons. The number of aliphatic hydroxyl groups excluding tert-OH is 1. The van der Waals surface area contributed by atoms with Crippen LogP contribution in [0.2, 0.25) is 0 Å². The van der Waals surface area contributed by atoms with Gasteiger partial charge < -0.3 is 19.3 Å². The second-order valence-corrected chi connectivity index (χ2v) is 3.40. The molecule has 1 fully saturated rings. The maximum atomic E-state index is 11.0. The maximum Gasteiger partial charge on any atom is 0.308 e. The third-order valence-electron chi connectivity index (χ3n) is 2.24. The number of hydrogen-bond acceptors (Lipinski definition) is 6. The molecule has 0 aliphatic carbocycles. The van der Waals surface area contributed by atoms with E-state index in [9.17, 15) is 9.90 Å². The monoisotopic (exact) mass is 233 g/mol. The van der Waals surface area contributed by atoms with Crippen LogP contribution in [0.5, 0.6) is 0 Å². The van der Waals surface area contributed by atoms with Crippen LogP contribution in [0.3, 0.4) is 0 Å². The van der Waals surface area contributed by atoms with E-state index in [-0.39, 0.29) is 19.0 Å². The van der Waals surface area contributed by atoms with Gasteiger partial charge in [-0.25, -0.2) is 0 Å². The first-order valence-electron chi connectivity index (χ1n) is 5.51. The van der Waals surface area contributed by atoms with E-state index in [0.29, 0.717) is 32.9 Å². The molecule has 1 heterocycles. The Bertz CT molecular complexity index is 205. The van der Waals surface area contributed by atoms with Crippen LogP contribution in [-0.4, -0.2) is 61.9 Å². The van der Waals surface area contributed by atoms with Crippen molar-refractivity contribution >= 4 is 5.97 Å². The summed E-state index contributed by atoms with van der Waals surface area (Å²) >= 11 is 0. The van der Waals surface area contributed by atoms with Crippen LogP contribution in [0.15, 0.2) is 0 Å². The van der Waals surface area contributed by atoms with Gasteiger partial charge in [0.2, 0.25) is 6.41 Å². The highest BCUT2D eigenvalue weighted by Gasteiger charge is 2.19. The molecule has 1 saturated heterocycles. The molecule has 1 rings (SSSR count). The number of carbonyl (C=O) groups excluding carboxylic acids is 1. The standard InChI is InChI=1S/C10H19NO5/c1-2-15-9(12)3-6-16-10(13)11-4-7-14-8-5-11/h10,13H,2-8H2,1H3. The lowest BCUT2D eigenvalue weighted by Gasteiger charge is -2.30. The van der Waals surface area contributed by atoms with E-state index >= 15 is 0 Å². The summed E-state index contributed by atoms with van der Waals surface area (Å²) in [6.07, 6.45) is -0.798. The van der Waals surface area contributed by atoms with E-state index in [4.69, 9.17) is 14.2 Å². The minimum Gasteiger partial charge on any atom is -0.466 e. The predicted molar refractivity (Wildman–Crippen MR) is 55.6 cm³/mol. The molecule has 1 aliphatic rings. The predicted octanol–water partition coefficient (Wildman–Crippen LogP) is -0.436. The highest BCUT2D eigenvalue weighted by Crippen LogP contribution is 2.03. The van der Waals surface area contributed by atoms with Crippen LogP contribution in [0.1, 0.15) is 13.3 Å². The summed E-state index contributed by atoms with van der Waals surface area (Å²) < 4.78 is 15.0. The second kappa shape index (κ2) is 7.56. The Morgan fingerprint density at radius 1 is 1.50 bits per heavy atom. The molecule has 1 atom stereocenters. The van der Waals surface area contributed by atoms with Crippen molar-refractivity contribution in [3.05, 3.63) is 0 Å². The lowest BCUT2D eigenvalue weighted by Crippen LogP contribution is -2.45. The zero-order chi connectivity index (χ0) is 11.8. The van der Waals surface area contributed by atoms with Gasteiger partial charge in [-0.1, -0.05) is 0 Å². The molecule has 0 aromatic heterocycles. The molecular formula is C10H19NO5. The van der Waals surface area contributed by atoms with Crippen LogP contribution >= 0.6 is 0 Å². The number of aliphatic hydroxyl groups is 1. The lowest BCUT2D eigenvalue weighted by atomic mass is 10.4. The van der Waals surface area contributed by atoms with Gasteiger partial charge in [-0.15, -0.1) is 0 Å². The van der Waals surface area contributed by atoms with Crippen LogP contribution in [0.4, 0.5) is 0 Å². The van der Waals surface area contributed by atoms with Crippen LogP contribution < -0.4 is 0 Å². The first-order chi connectivity index (χ1) is 7.74. The van der Waals surface area contributed by atoms with Gasteiger partial charge >= 0.3 is 5.97 Å². The fourth-order valence-corrected chi connectivity index (χ4v) is 1.38. The number of esters is 1. The van der Waals surface area contributed by atoms with Crippen molar-refractivity contribution in [3.8, 4) is 0 Å². The fraction of sp³-hybridized carbons (Fsp3) is 0.900. The number of morpholine rings is 1. The molecule has 6 heteroatoms. The summed E-state index contributed by atoms with van der Waals surface area (Å²) in [5.41, 5.74) is 0. The molecule has 1 unspecified atom stereocenters. The molecule has 16 heavy (non-hydrogen) atoms. The average molecular weight is 233 g/mol. The van der Waals surface area contributed by atoms with E-state index < -0.39 is 6.41 Å². The van der Waals surface area contributed by atoms with E-state index in [0.717, 1.165) is 0 Å². The molecule has 0 saturated carbocycles. The normalized spacial score (nSPS) is 19.4. The molecule has 94 valence electrons. The number of carbonyl (C=O) groups is 1. The summed E-state index contributed by atoms with van der Waals surface area (Å²) in [4.78, 5) is 12.7. The Labute approximate surface area is 95.1 Å². The molecule has 0 spiro atoms. The minimum atomic E-state index is -0.960. The van der Waals surface area contributed by atoms with E-state index in [1.54, 1.807) is 11.8 Å². The Balaban J connectivity index is 2.09. The number of ether oxygens (including phenoxy) is 3. The summed E-state index contributed by atoms with van der Waals surface area (Å²) in [6, 6.07) is 0. The van der Waals surface area contributed by atoms with Gasteiger partial charge in [-0.05, 0) is 6.92 Å². The van der Waals surface area contributed by atoms with Gasteiger partial charge in [0, 0.05) is 13.1 Å². The Morgan fingerprint density at radius 2 is 2.19 bits per heavy atom. The molecule has 0 amide bonds.